The molecule has 3 aromatic rings. The highest BCUT2D eigenvalue weighted by atomic mass is 32.1. The van der Waals surface area contributed by atoms with Gasteiger partial charge in [0.05, 0.1) is 11.1 Å². The van der Waals surface area contributed by atoms with E-state index in [1.165, 1.54) is 17.4 Å². The quantitative estimate of drug-likeness (QED) is 0.588. The molecule has 1 aromatic carbocycles. The molecule has 1 amide bonds. The summed E-state index contributed by atoms with van der Waals surface area (Å²) in [5.74, 6) is -1.05. The van der Waals surface area contributed by atoms with Crippen LogP contribution in [0.2, 0.25) is 0 Å². The minimum absolute atomic E-state index is 0.0887. The Labute approximate surface area is 116 Å². The molecule has 0 aliphatic rings. The third-order valence-electron chi connectivity index (χ3n) is 2.66. The molecular weight excluding hydrogens is 280 g/mol. The number of anilines is 1. The zero-order valence-corrected chi connectivity index (χ0v) is 10.8. The zero-order chi connectivity index (χ0) is 14.1. The van der Waals surface area contributed by atoms with Crippen LogP contribution in [0.4, 0.5) is 10.9 Å². The van der Waals surface area contributed by atoms with E-state index >= 15 is 0 Å². The minimum Gasteiger partial charge on any atom is -0.395 e. The Morgan fingerprint density at radius 3 is 2.75 bits per heavy atom. The van der Waals surface area contributed by atoms with Crippen LogP contribution in [0.3, 0.4) is 0 Å². The summed E-state index contributed by atoms with van der Waals surface area (Å²) in [6.07, 6.45) is 0. The Bertz CT molecular complexity index is 772. The Balaban J connectivity index is 1.82. The van der Waals surface area contributed by atoms with Gasteiger partial charge in [0.15, 0.2) is 5.76 Å². The standard InChI is InChI=1S/C13H8N2O4S/c16-13(9-5-6-12(19-9)15(17)18)14-11-7-8-3-1-2-4-10(8)20-11/h1-7H,(H,14,16). The number of furan rings is 1. The first-order chi connectivity index (χ1) is 9.63. The molecule has 0 bridgehead atoms. The molecule has 1 N–H and O–H groups in total. The van der Waals surface area contributed by atoms with E-state index in [2.05, 4.69) is 5.32 Å². The average Bonchev–Trinajstić information content (AvgIpc) is 3.04. The van der Waals surface area contributed by atoms with Crippen molar-refractivity contribution in [3.05, 3.63) is 58.3 Å². The lowest BCUT2D eigenvalue weighted by Gasteiger charge is -1.97. The summed E-state index contributed by atoms with van der Waals surface area (Å²) in [6, 6.07) is 12.0. The fraction of sp³-hybridized carbons (Fsp3) is 0. The molecule has 0 saturated heterocycles. The van der Waals surface area contributed by atoms with Crippen molar-refractivity contribution >= 4 is 38.2 Å². The first kappa shape index (κ1) is 12.4. The second kappa shape index (κ2) is 4.78. The van der Waals surface area contributed by atoms with Gasteiger partial charge in [0.2, 0.25) is 0 Å². The van der Waals surface area contributed by atoms with Gasteiger partial charge < -0.3 is 9.73 Å². The molecule has 0 fully saturated rings. The van der Waals surface area contributed by atoms with Crippen molar-refractivity contribution in [1.82, 2.24) is 0 Å². The second-order valence-corrected chi connectivity index (χ2v) is 5.08. The van der Waals surface area contributed by atoms with Crippen molar-refractivity contribution in [2.75, 3.05) is 5.32 Å². The lowest BCUT2D eigenvalue weighted by atomic mass is 10.3. The third kappa shape index (κ3) is 2.26. The number of amides is 1. The molecule has 2 aromatic heterocycles. The number of nitrogens with zero attached hydrogens (tertiary/aromatic N) is 1. The van der Waals surface area contributed by atoms with Gasteiger partial charge in [-0.05, 0) is 23.6 Å². The highest BCUT2D eigenvalue weighted by Gasteiger charge is 2.17. The topological polar surface area (TPSA) is 85.4 Å². The lowest BCUT2D eigenvalue weighted by molar-refractivity contribution is -0.402. The molecule has 100 valence electrons. The summed E-state index contributed by atoms with van der Waals surface area (Å²) < 4.78 is 5.90. The average molecular weight is 288 g/mol. The zero-order valence-electron chi connectivity index (χ0n) is 10.0. The Morgan fingerprint density at radius 2 is 2.05 bits per heavy atom. The smallest absolute Gasteiger partial charge is 0.395 e. The van der Waals surface area contributed by atoms with Crippen molar-refractivity contribution in [2.24, 2.45) is 0 Å². The fourth-order valence-corrected chi connectivity index (χ4v) is 2.72. The molecule has 0 atom stereocenters. The van der Waals surface area contributed by atoms with Crippen LogP contribution in [0, 0.1) is 10.1 Å². The molecule has 6 nitrogen and oxygen atoms in total. The van der Waals surface area contributed by atoms with Gasteiger partial charge in [-0.1, -0.05) is 18.2 Å². The first-order valence-electron chi connectivity index (χ1n) is 5.67. The summed E-state index contributed by atoms with van der Waals surface area (Å²) in [6.45, 7) is 0. The Morgan fingerprint density at radius 1 is 1.25 bits per heavy atom. The molecule has 0 unspecified atom stereocenters. The number of nitro groups is 1. The second-order valence-electron chi connectivity index (χ2n) is 4.00. The van der Waals surface area contributed by atoms with Gasteiger partial charge in [0, 0.05) is 4.70 Å². The largest absolute Gasteiger partial charge is 0.433 e. The molecule has 7 heteroatoms. The summed E-state index contributed by atoms with van der Waals surface area (Å²) in [7, 11) is 0. The van der Waals surface area contributed by atoms with Crippen LogP contribution in [0.15, 0.2) is 46.9 Å². The van der Waals surface area contributed by atoms with E-state index in [0.717, 1.165) is 16.2 Å². The summed E-state index contributed by atoms with van der Waals surface area (Å²) >= 11 is 1.43. The van der Waals surface area contributed by atoms with Crippen LogP contribution in [0.1, 0.15) is 10.6 Å². The number of benzene rings is 1. The number of rotatable bonds is 3. The maximum atomic E-state index is 11.9. The van der Waals surface area contributed by atoms with Crippen molar-refractivity contribution in [1.29, 1.82) is 0 Å². The number of fused-ring (bicyclic) bond motifs is 1. The van der Waals surface area contributed by atoms with Gasteiger partial charge in [0.25, 0.3) is 5.91 Å². The molecule has 0 radical (unpaired) electrons. The van der Waals surface area contributed by atoms with E-state index in [4.69, 9.17) is 4.42 Å². The van der Waals surface area contributed by atoms with Gasteiger partial charge in [-0.2, -0.15) is 0 Å². The highest BCUT2D eigenvalue weighted by Crippen LogP contribution is 2.30. The molecule has 3 rings (SSSR count). The Hall–Kier alpha value is -2.67. The van der Waals surface area contributed by atoms with Crippen LogP contribution >= 0.6 is 11.3 Å². The van der Waals surface area contributed by atoms with Crippen LogP contribution in [0.25, 0.3) is 10.1 Å². The van der Waals surface area contributed by atoms with Crippen molar-refractivity contribution in [3.63, 3.8) is 0 Å². The van der Waals surface area contributed by atoms with Crippen LogP contribution in [-0.4, -0.2) is 10.8 Å². The van der Waals surface area contributed by atoms with E-state index in [9.17, 15) is 14.9 Å². The number of nitrogens with one attached hydrogen (secondary N) is 1. The Kier molecular flexibility index (Phi) is 2.96. The fourth-order valence-electron chi connectivity index (χ4n) is 1.76. The van der Waals surface area contributed by atoms with Crippen LogP contribution in [0.5, 0.6) is 0 Å². The summed E-state index contributed by atoms with van der Waals surface area (Å²) in [5, 5.41) is 14.8. The molecule has 20 heavy (non-hydrogen) atoms. The summed E-state index contributed by atoms with van der Waals surface area (Å²) in [5.41, 5.74) is 0. The predicted octanol–water partition coefficient (Wildman–Crippen LogP) is 3.65. The van der Waals surface area contributed by atoms with Gasteiger partial charge in [-0.3, -0.25) is 14.9 Å². The van der Waals surface area contributed by atoms with Crippen molar-refractivity contribution in [3.8, 4) is 0 Å². The van der Waals surface area contributed by atoms with E-state index in [1.54, 1.807) is 0 Å². The molecular formula is C13H8N2O4S. The van der Waals surface area contributed by atoms with Crippen LogP contribution < -0.4 is 5.32 Å². The maximum absolute atomic E-state index is 11.9. The predicted molar refractivity (Wildman–Crippen MR) is 75.1 cm³/mol. The van der Waals surface area contributed by atoms with Gasteiger partial charge in [-0.15, -0.1) is 11.3 Å². The number of carbonyl (C=O) groups excluding carboxylic acids is 1. The first-order valence-corrected chi connectivity index (χ1v) is 6.49. The molecule has 0 spiro atoms. The van der Waals surface area contributed by atoms with Crippen molar-refractivity contribution in [2.45, 2.75) is 0 Å². The van der Waals surface area contributed by atoms with Gasteiger partial charge in [0.1, 0.15) is 4.92 Å². The monoisotopic (exact) mass is 288 g/mol. The van der Waals surface area contributed by atoms with E-state index in [-0.39, 0.29) is 5.76 Å². The third-order valence-corrected chi connectivity index (χ3v) is 3.69. The van der Waals surface area contributed by atoms with E-state index in [1.807, 2.05) is 30.3 Å². The highest BCUT2D eigenvalue weighted by molar-refractivity contribution is 7.23. The number of carbonyl (C=O) groups is 1. The number of hydrogen-bond donors (Lipinski definition) is 1. The van der Waals surface area contributed by atoms with Gasteiger partial charge in [-0.25, -0.2) is 0 Å². The molecule has 0 aliphatic carbocycles. The molecule has 2 heterocycles. The number of hydrogen-bond acceptors (Lipinski definition) is 5. The minimum atomic E-state index is -0.684. The molecule has 0 saturated carbocycles. The summed E-state index contributed by atoms with van der Waals surface area (Å²) in [4.78, 5) is 21.7. The van der Waals surface area contributed by atoms with Gasteiger partial charge >= 0.3 is 5.88 Å². The van der Waals surface area contributed by atoms with Crippen LogP contribution in [-0.2, 0) is 0 Å². The SMILES string of the molecule is O=C(Nc1cc2ccccc2s1)c1ccc([N+](=O)[O-])o1. The number of thiophene rings is 1. The lowest BCUT2D eigenvalue weighted by Crippen LogP contribution is -2.09. The van der Waals surface area contributed by atoms with E-state index < -0.39 is 16.7 Å². The maximum Gasteiger partial charge on any atom is 0.433 e. The normalized spacial score (nSPS) is 10.6. The molecule has 0 aliphatic heterocycles. The van der Waals surface area contributed by atoms with E-state index in [0.29, 0.717) is 5.00 Å². The van der Waals surface area contributed by atoms with Crippen molar-refractivity contribution < 1.29 is 14.1 Å².